The van der Waals surface area contributed by atoms with Gasteiger partial charge in [-0.1, -0.05) is 315 Å². The molecule has 0 bridgehead atoms. The minimum atomic E-state index is -4.97. The molecular weight excluding hydrogens is 1290 g/mol. The van der Waals surface area contributed by atoms with Gasteiger partial charge in [-0.3, -0.25) is 37.3 Å². The number of unbranched alkanes of at least 4 members (excludes halogenated alkanes) is 39. The predicted molar refractivity (Wildman–Crippen MR) is 404 cm³/mol. The largest absolute Gasteiger partial charge is 0.472 e. The summed E-state index contributed by atoms with van der Waals surface area (Å²) in [5, 5.41) is 10.6. The number of carbonyl (C=O) groups is 4. The molecule has 0 aromatic heterocycles. The van der Waals surface area contributed by atoms with Crippen molar-refractivity contribution in [3.05, 3.63) is 48.6 Å². The highest BCUT2D eigenvalue weighted by Gasteiger charge is 2.30. The molecule has 0 fully saturated rings. The maximum atomic E-state index is 13.1. The lowest BCUT2D eigenvalue weighted by Gasteiger charge is -2.21. The normalized spacial score (nSPS) is 14.3. The van der Waals surface area contributed by atoms with Gasteiger partial charge in [0.1, 0.15) is 19.3 Å². The average molecular weight is 1440 g/mol. The molecule has 17 nitrogen and oxygen atoms in total. The van der Waals surface area contributed by atoms with Crippen LogP contribution in [0.4, 0.5) is 0 Å². The van der Waals surface area contributed by atoms with E-state index >= 15 is 0 Å². The average Bonchev–Trinajstić information content (AvgIpc) is 0.984. The van der Waals surface area contributed by atoms with Crippen molar-refractivity contribution in [2.45, 2.75) is 387 Å². The molecule has 0 amide bonds. The molecule has 19 heteroatoms. The minimum Gasteiger partial charge on any atom is -0.462 e. The maximum Gasteiger partial charge on any atom is 0.472 e. The van der Waals surface area contributed by atoms with E-state index in [0.717, 1.165) is 140 Å². The molecule has 0 rings (SSSR count). The molecule has 0 aliphatic rings. The first-order valence-corrected chi connectivity index (χ1v) is 43.1. The van der Waals surface area contributed by atoms with Crippen LogP contribution in [0.25, 0.3) is 0 Å². The highest BCUT2D eigenvalue weighted by Crippen LogP contribution is 2.45. The van der Waals surface area contributed by atoms with Crippen molar-refractivity contribution in [3.8, 4) is 0 Å². The SMILES string of the molecule is CCCCCC/C=C\C=C/CCCCCCCC(=O)OC[C@H](COP(=O)(O)OC[C@@H](O)COP(=O)(O)OC[C@@H](COC(=O)CCCCCCCCCCC(C)C)OC(=O)CCCCCCC/C=C\C=C/CCCCCC)OC(=O)CCCCCCCCCCCCCCCCCC(C)C. The van der Waals surface area contributed by atoms with Crippen LogP contribution in [0.2, 0.25) is 0 Å². The van der Waals surface area contributed by atoms with E-state index in [9.17, 15) is 43.2 Å². The lowest BCUT2D eigenvalue weighted by atomic mass is 10.0. The Hall–Kier alpha value is -2.98. The zero-order valence-corrected chi connectivity index (χ0v) is 65.6. The van der Waals surface area contributed by atoms with Gasteiger partial charge in [0.05, 0.1) is 26.4 Å². The summed E-state index contributed by atoms with van der Waals surface area (Å²) in [6, 6.07) is 0. The van der Waals surface area contributed by atoms with Crippen LogP contribution in [0.15, 0.2) is 48.6 Å². The second-order valence-electron chi connectivity index (χ2n) is 28.4. The second kappa shape index (κ2) is 70.7. The van der Waals surface area contributed by atoms with Gasteiger partial charge in [-0.25, -0.2) is 9.13 Å². The molecule has 0 aromatic carbocycles. The molecule has 0 aliphatic heterocycles. The molecular formula is C80H148O17P2. The summed E-state index contributed by atoms with van der Waals surface area (Å²) < 4.78 is 68.6. The quantitative estimate of drug-likeness (QED) is 0.0169. The summed E-state index contributed by atoms with van der Waals surface area (Å²) in [7, 11) is -9.94. The molecule has 0 aliphatic carbocycles. The monoisotopic (exact) mass is 1440 g/mol. The number of esters is 4. The Morgan fingerprint density at radius 3 is 0.818 bits per heavy atom. The van der Waals surface area contributed by atoms with Crippen molar-refractivity contribution in [1.82, 2.24) is 0 Å². The Morgan fingerprint density at radius 1 is 0.313 bits per heavy atom. The third-order valence-electron chi connectivity index (χ3n) is 17.5. The highest BCUT2D eigenvalue weighted by molar-refractivity contribution is 7.47. The van der Waals surface area contributed by atoms with Gasteiger partial charge in [0.2, 0.25) is 0 Å². The van der Waals surface area contributed by atoms with Gasteiger partial charge in [0.25, 0.3) is 0 Å². The summed E-state index contributed by atoms with van der Waals surface area (Å²) in [6.45, 7) is 9.48. The van der Waals surface area contributed by atoms with Gasteiger partial charge in [0, 0.05) is 25.7 Å². The van der Waals surface area contributed by atoms with E-state index < -0.39 is 97.5 Å². The Bertz CT molecular complexity index is 2100. The fourth-order valence-electron chi connectivity index (χ4n) is 11.3. The van der Waals surface area contributed by atoms with Crippen molar-refractivity contribution in [2.75, 3.05) is 39.6 Å². The molecule has 0 radical (unpaired) electrons. The number of rotatable bonds is 75. The van der Waals surface area contributed by atoms with Crippen molar-refractivity contribution in [2.24, 2.45) is 11.8 Å². The lowest BCUT2D eigenvalue weighted by molar-refractivity contribution is -0.161. The zero-order chi connectivity index (χ0) is 72.8. The Morgan fingerprint density at radius 2 is 0.545 bits per heavy atom. The summed E-state index contributed by atoms with van der Waals surface area (Å²) in [4.78, 5) is 72.9. The van der Waals surface area contributed by atoms with E-state index in [4.69, 9.17) is 37.0 Å². The van der Waals surface area contributed by atoms with Gasteiger partial charge < -0.3 is 33.8 Å². The topological polar surface area (TPSA) is 237 Å². The van der Waals surface area contributed by atoms with Gasteiger partial charge in [-0.05, 0) is 88.9 Å². The van der Waals surface area contributed by atoms with Gasteiger partial charge >= 0.3 is 39.5 Å². The number of allylic oxidation sites excluding steroid dienone is 8. The molecule has 99 heavy (non-hydrogen) atoms. The standard InChI is InChI=1S/C80H148O17P2/c1-7-9-11-13-15-17-19-21-24-29-33-37-44-50-56-62-77(82)90-68-75(96-79(84)65-59-53-47-39-35-31-27-23-26-28-32-36-42-48-54-60-72(3)4)70-94-98(86,87)92-66-74(81)67-93-99(88,89)95-71-76(69-91-78(83)63-57-51-45-41-40-43-49-55-61-73(5)6)97-80(85)64-58-52-46-38-34-30-25-22-20-18-16-14-12-10-8-2/h17-22,24-25,72-76,81H,7-16,23,26-71H2,1-6H3,(H,86,87)(H,88,89)/b19-17-,20-18-,24-21-,25-22-/t74-,75-,76-/m1/s1. The number of hydrogen-bond donors (Lipinski definition) is 3. The number of aliphatic hydroxyl groups excluding tert-OH is 1. The minimum absolute atomic E-state index is 0.0821. The Labute approximate surface area is 604 Å². The summed E-state index contributed by atoms with van der Waals surface area (Å²) in [5.74, 6) is -0.651. The Kier molecular flexibility index (Phi) is 68.5. The van der Waals surface area contributed by atoms with Crippen LogP contribution >= 0.6 is 15.6 Å². The molecule has 0 saturated carbocycles. The van der Waals surface area contributed by atoms with Crippen molar-refractivity contribution >= 4 is 39.5 Å². The summed E-state index contributed by atoms with van der Waals surface area (Å²) in [6.07, 6.45) is 65.4. The molecule has 5 atom stereocenters. The van der Waals surface area contributed by atoms with E-state index in [1.807, 2.05) is 0 Å². The van der Waals surface area contributed by atoms with Crippen molar-refractivity contribution in [1.29, 1.82) is 0 Å². The van der Waals surface area contributed by atoms with E-state index in [1.165, 1.54) is 148 Å². The van der Waals surface area contributed by atoms with Gasteiger partial charge in [0.15, 0.2) is 12.2 Å². The number of phosphoric acid groups is 2. The van der Waals surface area contributed by atoms with Crippen LogP contribution in [0.1, 0.15) is 369 Å². The zero-order valence-electron chi connectivity index (χ0n) is 63.8. The number of ether oxygens (including phenoxy) is 4. The van der Waals surface area contributed by atoms with E-state index in [0.29, 0.717) is 25.7 Å². The fraction of sp³-hybridized carbons (Fsp3) is 0.850. The number of aliphatic hydroxyl groups is 1. The van der Waals surface area contributed by atoms with Gasteiger partial charge in [-0.15, -0.1) is 0 Å². The van der Waals surface area contributed by atoms with E-state index in [2.05, 4.69) is 90.2 Å². The van der Waals surface area contributed by atoms with E-state index in [1.54, 1.807) is 0 Å². The maximum absolute atomic E-state index is 13.1. The Balaban J connectivity index is 5.32. The molecule has 0 heterocycles. The second-order valence-corrected chi connectivity index (χ2v) is 31.3. The molecule has 0 spiro atoms. The van der Waals surface area contributed by atoms with Gasteiger partial charge in [-0.2, -0.15) is 0 Å². The number of phosphoric ester groups is 2. The molecule has 3 N–H and O–H groups in total. The number of carbonyl (C=O) groups excluding carboxylic acids is 4. The highest BCUT2D eigenvalue weighted by atomic mass is 31.2. The number of hydrogen-bond acceptors (Lipinski definition) is 15. The first-order valence-electron chi connectivity index (χ1n) is 40.1. The third kappa shape index (κ3) is 73.1. The van der Waals surface area contributed by atoms with Crippen LogP contribution < -0.4 is 0 Å². The molecule has 0 aromatic rings. The lowest BCUT2D eigenvalue weighted by Crippen LogP contribution is -2.30. The van der Waals surface area contributed by atoms with Crippen LogP contribution in [-0.2, 0) is 65.4 Å². The smallest absolute Gasteiger partial charge is 0.462 e. The summed E-state index contributed by atoms with van der Waals surface area (Å²) >= 11 is 0. The van der Waals surface area contributed by atoms with Crippen molar-refractivity contribution in [3.63, 3.8) is 0 Å². The van der Waals surface area contributed by atoms with Crippen molar-refractivity contribution < 1.29 is 80.2 Å². The molecule has 0 saturated heterocycles. The fourth-order valence-corrected chi connectivity index (χ4v) is 12.9. The van der Waals surface area contributed by atoms with Crippen LogP contribution in [-0.4, -0.2) is 96.7 Å². The van der Waals surface area contributed by atoms with Crippen LogP contribution in [0.5, 0.6) is 0 Å². The van der Waals surface area contributed by atoms with E-state index in [-0.39, 0.29) is 25.7 Å². The third-order valence-corrected chi connectivity index (χ3v) is 19.4. The predicted octanol–water partition coefficient (Wildman–Crippen LogP) is 23.0. The van der Waals surface area contributed by atoms with Crippen LogP contribution in [0, 0.1) is 11.8 Å². The first-order chi connectivity index (χ1) is 47.9. The molecule has 2 unspecified atom stereocenters. The molecule has 580 valence electrons. The van der Waals surface area contributed by atoms with Crippen LogP contribution in [0.3, 0.4) is 0 Å². The first kappa shape index (κ1) is 96.0. The summed E-state index contributed by atoms with van der Waals surface area (Å²) in [5.41, 5.74) is 0.